The fraction of sp³-hybridized carbons (Fsp3) is 0.409. The van der Waals surface area contributed by atoms with Crippen LogP contribution in [-0.2, 0) is 14.3 Å². The molecule has 0 spiro atoms. The number of carbonyl (C=O) groups excluding carboxylic acids is 1. The Balaban J connectivity index is 1.98. The number of hydrogen-bond donors (Lipinski definition) is 0. The van der Waals surface area contributed by atoms with Crippen molar-refractivity contribution in [3.05, 3.63) is 60.7 Å². The van der Waals surface area contributed by atoms with E-state index in [0.29, 0.717) is 13.2 Å². The van der Waals surface area contributed by atoms with Gasteiger partial charge < -0.3 is 9.47 Å². The molecule has 3 rings (SSSR count). The van der Waals surface area contributed by atoms with Crippen LogP contribution in [0.1, 0.15) is 27.2 Å². The topological polar surface area (TPSA) is 38.8 Å². The second-order valence-electron chi connectivity index (χ2n) is 6.62. The highest BCUT2D eigenvalue weighted by molar-refractivity contribution is 6.02. The third-order valence-corrected chi connectivity index (χ3v) is 5.05. The minimum atomic E-state index is -0.831. The summed E-state index contributed by atoms with van der Waals surface area (Å²) in [4.78, 5) is 15.4. The van der Waals surface area contributed by atoms with Crippen LogP contribution in [0.5, 0.6) is 0 Å². The normalized spacial score (nSPS) is 21.0. The Morgan fingerprint density at radius 1 is 0.962 bits per heavy atom. The molecule has 0 bridgehead atoms. The highest BCUT2D eigenvalue weighted by Crippen LogP contribution is 2.49. The molecule has 1 fully saturated rings. The van der Waals surface area contributed by atoms with Gasteiger partial charge in [0.15, 0.2) is 5.79 Å². The molecule has 2 aromatic carbocycles. The van der Waals surface area contributed by atoms with Crippen molar-refractivity contribution >= 4 is 17.3 Å². The molecule has 0 aliphatic heterocycles. The maximum Gasteiger partial charge on any atom is 0.240 e. The lowest BCUT2D eigenvalue weighted by Gasteiger charge is -2.53. The summed E-state index contributed by atoms with van der Waals surface area (Å²) < 4.78 is 12.0. The Bertz CT molecular complexity index is 671. The van der Waals surface area contributed by atoms with E-state index < -0.39 is 5.79 Å². The van der Waals surface area contributed by atoms with Crippen LogP contribution in [0.2, 0.25) is 0 Å². The third-order valence-electron chi connectivity index (χ3n) is 5.05. The van der Waals surface area contributed by atoms with Gasteiger partial charge in [0.05, 0.1) is 5.92 Å². The molecule has 0 unspecified atom stereocenters. The van der Waals surface area contributed by atoms with E-state index in [1.54, 1.807) is 4.90 Å². The molecule has 26 heavy (non-hydrogen) atoms. The van der Waals surface area contributed by atoms with Crippen molar-refractivity contribution in [2.24, 2.45) is 11.8 Å². The summed E-state index contributed by atoms with van der Waals surface area (Å²) in [7, 11) is 0. The minimum Gasteiger partial charge on any atom is -0.349 e. The van der Waals surface area contributed by atoms with E-state index in [1.807, 2.05) is 74.5 Å². The number of rotatable bonds is 7. The minimum absolute atomic E-state index is 0.0161. The number of ether oxygens (including phenoxy) is 2. The molecule has 0 aromatic heterocycles. The molecule has 0 N–H and O–H groups in total. The number of anilines is 2. The molecule has 1 saturated carbocycles. The zero-order valence-corrected chi connectivity index (χ0v) is 15.7. The first-order valence-electron chi connectivity index (χ1n) is 9.36. The molecule has 1 aliphatic rings. The zero-order chi connectivity index (χ0) is 18.6. The maximum absolute atomic E-state index is 13.6. The fourth-order valence-electron chi connectivity index (χ4n) is 3.83. The summed E-state index contributed by atoms with van der Waals surface area (Å²) in [5.74, 6) is -0.951. The summed E-state index contributed by atoms with van der Waals surface area (Å²) in [5, 5.41) is 0. The van der Waals surface area contributed by atoms with Crippen LogP contribution in [-0.4, -0.2) is 24.9 Å². The molecular formula is C22H27NO3. The van der Waals surface area contributed by atoms with E-state index in [-0.39, 0.29) is 17.7 Å². The Morgan fingerprint density at radius 3 is 1.81 bits per heavy atom. The SMILES string of the molecule is CCOC1(OCC)[C@H](C)C[C@H]1C(=O)N(c1ccccc1)c1ccccc1. The largest absolute Gasteiger partial charge is 0.349 e. The molecule has 138 valence electrons. The van der Waals surface area contributed by atoms with E-state index in [9.17, 15) is 4.79 Å². The lowest BCUT2D eigenvalue weighted by atomic mass is 9.68. The van der Waals surface area contributed by atoms with Crippen LogP contribution in [0.15, 0.2) is 60.7 Å². The van der Waals surface area contributed by atoms with E-state index in [0.717, 1.165) is 17.8 Å². The van der Waals surface area contributed by atoms with Gasteiger partial charge in [-0.25, -0.2) is 0 Å². The Morgan fingerprint density at radius 2 is 1.42 bits per heavy atom. The lowest BCUT2D eigenvalue weighted by Crippen LogP contribution is -2.63. The Labute approximate surface area is 155 Å². The van der Waals surface area contributed by atoms with E-state index in [4.69, 9.17) is 9.47 Å². The van der Waals surface area contributed by atoms with Crippen molar-refractivity contribution in [1.82, 2.24) is 0 Å². The fourth-order valence-corrected chi connectivity index (χ4v) is 3.83. The molecule has 1 aliphatic carbocycles. The van der Waals surface area contributed by atoms with Crippen LogP contribution in [0.4, 0.5) is 11.4 Å². The van der Waals surface area contributed by atoms with Crippen molar-refractivity contribution in [1.29, 1.82) is 0 Å². The average Bonchev–Trinajstić information content (AvgIpc) is 2.67. The van der Waals surface area contributed by atoms with Gasteiger partial charge in [0.1, 0.15) is 0 Å². The molecular weight excluding hydrogens is 326 g/mol. The van der Waals surface area contributed by atoms with E-state index >= 15 is 0 Å². The number of benzene rings is 2. The van der Waals surface area contributed by atoms with Crippen molar-refractivity contribution < 1.29 is 14.3 Å². The second kappa shape index (κ2) is 8.02. The Hall–Kier alpha value is -2.17. The molecule has 4 heteroatoms. The highest BCUT2D eigenvalue weighted by atomic mass is 16.7. The number of para-hydroxylation sites is 2. The predicted molar refractivity (Wildman–Crippen MR) is 103 cm³/mol. The van der Waals surface area contributed by atoms with E-state index in [1.165, 1.54) is 0 Å². The molecule has 4 nitrogen and oxygen atoms in total. The van der Waals surface area contributed by atoms with Crippen LogP contribution in [0.3, 0.4) is 0 Å². The van der Waals surface area contributed by atoms with Crippen molar-refractivity contribution in [3.8, 4) is 0 Å². The first-order valence-corrected chi connectivity index (χ1v) is 9.36. The van der Waals surface area contributed by atoms with Gasteiger partial charge in [-0.1, -0.05) is 43.3 Å². The van der Waals surface area contributed by atoms with Gasteiger partial charge in [-0.3, -0.25) is 9.69 Å². The highest BCUT2D eigenvalue weighted by Gasteiger charge is 2.59. The first-order chi connectivity index (χ1) is 12.6. The summed E-state index contributed by atoms with van der Waals surface area (Å²) in [6, 6.07) is 19.5. The van der Waals surface area contributed by atoms with Crippen molar-refractivity contribution in [3.63, 3.8) is 0 Å². The van der Waals surface area contributed by atoms with Gasteiger partial charge in [0, 0.05) is 30.5 Å². The van der Waals surface area contributed by atoms with Gasteiger partial charge >= 0.3 is 0 Å². The summed E-state index contributed by atoms with van der Waals surface area (Å²) in [5.41, 5.74) is 1.70. The van der Waals surface area contributed by atoms with Gasteiger partial charge in [0.25, 0.3) is 0 Å². The van der Waals surface area contributed by atoms with Crippen LogP contribution < -0.4 is 4.90 Å². The zero-order valence-electron chi connectivity index (χ0n) is 15.7. The van der Waals surface area contributed by atoms with Gasteiger partial charge in [0.2, 0.25) is 5.91 Å². The van der Waals surface area contributed by atoms with Crippen molar-refractivity contribution in [2.45, 2.75) is 33.0 Å². The number of carbonyl (C=O) groups is 1. The molecule has 0 saturated heterocycles. The molecule has 0 heterocycles. The third kappa shape index (κ3) is 3.27. The summed E-state index contributed by atoms with van der Waals surface area (Å²) >= 11 is 0. The van der Waals surface area contributed by atoms with E-state index in [2.05, 4.69) is 6.92 Å². The first kappa shape index (κ1) is 18.6. The monoisotopic (exact) mass is 353 g/mol. The van der Waals surface area contributed by atoms with Gasteiger partial charge in [-0.15, -0.1) is 0 Å². The maximum atomic E-state index is 13.6. The number of nitrogens with zero attached hydrogens (tertiary/aromatic N) is 1. The predicted octanol–water partition coefficient (Wildman–Crippen LogP) is 4.78. The number of hydrogen-bond acceptors (Lipinski definition) is 3. The smallest absolute Gasteiger partial charge is 0.240 e. The lowest BCUT2D eigenvalue weighted by molar-refractivity contribution is -0.328. The standard InChI is InChI=1S/C22H27NO3/c1-4-25-22(26-5-2)17(3)16-20(22)21(24)23(18-12-8-6-9-13-18)19-14-10-7-11-15-19/h6-15,17,20H,4-5,16H2,1-3H3/t17-,20+/m1/s1. The van der Waals surface area contributed by atoms with Crippen molar-refractivity contribution in [2.75, 3.05) is 18.1 Å². The summed E-state index contributed by atoms with van der Waals surface area (Å²) in [6.45, 7) is 7.01. The quantitative estimate of drug-likeness (QED) is 0.673. The second-order valence-corrected chi connectivity index (χ2v) is 6.62. The molecule has 0 radical (unpaired) electrons. The van der Waals surface area contributed by atoms with Gasteiger partial charge in [-0.05, 0) is 44.5 Å². The van der Waals surface area contributed by atoms with Crippen LogP contribution in [0.25, 0.3) is 0 Å². The molecule has 1 amide bonds. The number of amides is 1. The van der Waals surface area contributed by atoms with Crippen LogP contribution >= 0.6 is 0 Å². The summed E-state index contributed by atoms with van der Waals surface area (Å²) in [6.07, 6.45) is 0.759. The average molecular weight is 353 g/mol. The van der Waals surface area contributed by atoms with Gasteiger partial charge in [-0.2, -0.15) is 0 Å². The Kier molecular flexibility index (Phi) is 5.74. The molecule has 2 atom stereocenters. The molecule has 2 aromatic rings. The van der Waals surface area contributed by atoms with Crippen LogP contribution in [0, 0.1) is 11.8 Å².